The zero-order valence-electron chi connectivity index (χ0n) is 7.58. The Bertz CT molecular complexity index is 417. The molecule has 0 saturated heterocycles. The quantitative estimate of drug-likeness (QED) is 0.775. The van der Waals surface area contributed by atoms with Crippen molar-refractivity contribution in [2.75, 3.05) is 0 Å². The summed E-state index contributed by atoms with van der Waals surface area (Å²) < 4.78 is 1.28. The summed E-state index contributed by atoms with van der Waals surface area (Å²) in [6.45, 7) is 2.30. The maximum absolute atomic E-state index is 9.15. The number of aliphatic hydroxyl groups is 1. The Morgan fingerprint density at radius 1 is 1.31 bits per heavy atom. The van der Waals surface area contributed by atoms with Gasteiger partial charge in [-0.25, -0.2) is 0 Å². The van der Waals surface area contributed by atoms with Crippen molar-refractivity contribution in [2.24, 2.45) is 0 Å². The van der Waals surface area contributed by atoms with Crippen LogP contribution in [0.15, 0.2) is 23.6 Å². The van der Waals surface area contributed by atoms with E-state index in [9.17, 15) is 0 Å². The van der Waals surface area contributed by atoms with Crippen LogP contribution < -0.4 is 0 Å². The second-order valence-electron chi connectivity index (χ2n) is 3.06. The molecule has 2 rings (SSSR count). The number of hydrogen-bond acceptors (Lipinski definition) is 2. The average Bonchev–Trinajstić information content (AvgIpc) is 2.60. The number of fused-ring (bicyclic) bond motifs is 1. The first kappa shape index (κ1) is 8.73. The summed E-state index contributed by atoms with van der Waals surface area (Å²) in [6, 6.07) is 6.32. The second-order valence-corrected chi connectivity index (χ2v) is 3.97. The molecule has 0 amide bonds. The smallest absolute Gasteiger partial charge is 0.0696 e. The van der Waals surface area contributed by atoms with Crippen LogP contribution in [0.25, 0.3) is 10.1 Å². The number of hydrogen-bond donors (Lipinski definition) is 1. The van der Waals surface area contributed by atoms with Gasteiger partial charge in [0.05, 0.1) is 6.61 Å². The highest BCUT2D eigenvalue weighted by Crippen LogP contribution is 2.29. The molecule has 1 nitrogen and oxygen atoms in total. The Balaban J connectivity index is 2.76. The lowest BCUT2D eigenvalue weighted by Crippen LogP contribution is -1.85. The van der Waals surface area contributed by atoms with E-state index in [1.54, 1.807) is 11.3 Å². The van der Waals surface area contributed by atoms with Gasteiger partial charge < -0.3 is 5.11 Å². The van der Waals surface area contributed by atoms with Gasteiger partial charge in [-0.05, 0) is 29.0 Å². The van der Waals surface area contributed by atoms with Gasteiger partial charge in [0.1, 0.15) is 0 Å². The van der Waals surface area contributed by atoms with Gasteiger partial charge in [-0.2, -0.15) is 0 Å². The van der Waals surface area contributed by atoms with Crippen molar-refractivity contribution >= 4 is 21.4 Å². The molecule has 0 aliphatic heterocycles. The molecule has 2 heteroatoms. The van der Waals surface area contributed by atoms with Crippen LogP contribution >= 0.6 is 11.3 Å². The highest BCUT2D eigenvalue weighted by atomic mass is 32.1. The lowest BCUT2D eigenvalue weighted by Gasteiger charge is -2.01. The number of rotatable bonds is 2. The molecule has 0 unspecified atom stereocenters. The highest BCUT2D eigenvalue weighted by molar-refractivity contribution is 7.17. The summed E-state index contributed by atoms with van der Waals surface area (Å²) in [5, 5.41) is 12.5. The number of aliphatic hydroxyl groups excluding tert-OH is 1. The third-order valence-corrected chi connectivity index (χ3v) is 3.31. The van der Waals surface area contributed by atoms with E-state index in [0.717, 1.165) is 12.0 Å². The summed E-state index contributed by atoms with van der Waals surface area (Å²) in [5.74, 6) is 0. The van der Waals surface area contributed by atoms with Crippen LogP contribution in [0.2, 0.25) is 0 Å². The van der Waals surface area contributed by atoms with Crippen molar-refractivity contribution in [2.45, 2.75) is 20.0 Å². The Hall–Kier alpha value is -0.860. The largest absolute Gasteiger partial charge is 0.392 e. The summed E-state index contributed by atoms with van der Waals surface area (Å²) in [6.07, 6.45) is 1.03. The van der Waals surface area contributed by atoms with Gasteiger partial charge in [-0.3, -0.25) is 0 Å². The Morgan fingerprint density at radius 2 is 2.15 bits per heavy atom. The van der Waals surface area contributed by atoms with Gasteiger partial charge in [0.15, 0.2) is 0 Å². The van der Waals surface area contributed by atoms with Crippen molar-refractivity contribution in [1.82, 2.24) is 0 Å². The minimum atomic E-state index is 0.150. The summed E-state index contributed by atoms with van der Waals surface area (Å²) >= 11 is 1.71. The molecule has 0 aliphatic rings. The van der Waals surface area contributed by atoms with Crippen molar-refractivity contribution in [3.8, 4) is 0 Å². The minimum Gasteiger partial charge on any atom is -0.392 e. The lowest BCUT2D eigenvalue weighted by atomic mass is 10.1. The molecule has 68 valence electrons. The molecule has 0 radical (unpaired) electrons. The Kier molecular flexibility index (Phi) is 2.34. The van der Waals surface area contributed by atoms with Gasteiger partial charge in [0.2, 0.25) is 0 Å². The molecule has 0 fully saturated rings. The fourth-order valence-electron chi connectivity index (χ4n) is 1.64. The van der Waals surface area contributed by atoms with Crippen LogP contribution in [-0.4, -0.2) is 5.11 Å². The van der Waals surface area contributed by atoms with E-state index in [-0.39, 0.29) is 6.61 Å². The molecule has 2 aromatic rings. The molecule has 0 aliphatic carbocycles. The van der Waals surface area contributed by atoms with Crippen LogP contribution in [0.3, 0.4) is 0 Å². The maximum atomic E-state index is 9.15. The first-order valence-corrected chi connectivity index (χ1v) is 5.33. The van der Waals surface area contributed by atoms with E-state index in [2.05, 4.69) is 25.1 Å². The monoisotopic (exact) mass is 192 g/mol. The van der Waals surface area contributed by atoms with Gasteiger partial charge in [0.25, 0.3) is 0 Å². The van der Waals surface area contributed by atoms with Crippen molar-refractivity contribution in [1.29, 1.82) is 0 Å². The third-order valence-electron chi connectivity index (χ3n) is 2.31. The summed E-state index contributed by atoms with van der Waals surface area (Å²) in [7, 11) is 0. The molecule has 0 atom stereocenters. The van der Waals surface area contributed by atoms with E-state index in [4.69, 9.17) is 5.11 Å². The van der Waals surface area contributed by atoms with Gasteiger partial charge >= 0.3 is 0 Å². The van der Waals surface area contributed by atoms with Gasteiger partial charge in [-0.15, -0.1) is 11.3 Å². The standard InChI is InChI=1S/C11H12OS/c1-2-8-4-3-5-10-11(8)9(6-12)7-13-10/h3-5,7,12H,2,6H2,1H3. The van der Waals surface area contributed by atoms with Crippen LogP contribution in [0, 0.1) is 0 Å². The first-order chi connectivity index (χ1) is 6.36. The lowest BCUT2D eigenvalue weighted by molar-refractivity contribution is 0.283. The minimum absolute atomic E-state index is 0.150. The number of aryl methyl sites for hydroxylation is 1. The van der Waals surface area contributed by atoms with Crippen LogP contribution in [0.1, 0.15) is 18.1 Å². The van der Waals surface area contributed by atoms with E-state index < -0.39 is 0 Å². The number of thiophene rings is 1. The van der Waals surface area contributed by atoms with Crippen molar-refractivity contribution in [3.63, 3.8) is 0 Å². The van der Waals surface area contributed by atoms with Crippen LogP contribution in [-0.2, 0) is 13.0 Å². The van der Waals surface area contributed by atoms with E-state index in [0.29, 0.717) is 0 Å². The normalized spacial score (nSPS) is 10.9. The first-order valence-electron chi connectivity index (χ1n) is 4.45. The Morgan fingerprint density at radius 3 is 2.85 bits per heavy atom. The molecule has 0 bridgehead atoms. The molecule has 1 heterocycles. The average molecular weight is 192 g/mol. The maximum Gasteiger partial charge on any atom is 0.0696 e. The predicted molar refractivity (Wildman–Crippen MR) is 57.1 cm³/mol. The molecule has 0 spiro atoms. The Labute approximate surface area is 81.6 Å². The van der Waals surface area contributed by atoms with Gasteiger partial charge in [-0.1, -0.05) is 19.1 Å². The fraction of sp³-hybridized carbons (Fsp3) is 0.273. The molecule has 1 aromatic carbocycles. The van der Waals surface area contributed by atoms with Crippen LogP contribution in [0.5, 0.6) is 0 Å². The van der Waals surface area contributed by atoms with Crippen molar-refractivity contribution < 1.29 is 5.11 Å². The third kappa shape index (κ3) is 1.36. The fourth-order valence-corrected chi connectivity index (χ4v) is 2.64. The number of benzene rings is 1. The highest BCUT2D eigenvalue weighted by Gasteiger charge is 2.05. The topological polar surface area (TPSA) is 20.2 Å². The molecule has 13 heavy (non-hydrogen) atoms. The van der Waals surface area contributed by atoms with Gasteiger partial charge in [0, 0.05) is 10.1 Å². The van der Waals surface area contributed by atoms with Crippen LogP contribution in [0.4, 0.5) is 0 Å². The van der Waals surface area contributed by atoms with E-state index in [1.807, 2.05) is 5.38 Å². The molecule has 1 N–H and O–H groups in total. The molecule has 0 saturated carbocycles. The zero-order chi connectivity index (χ0) is 9.26. The SMILES string of the molecule is CCc1cccc2scc(CO)c12. The van der Waals surface area contributed by atoms with E-state index in [1.165, 1.54) is 15.6 Å². The zero-order valence-corrected chi connectivity index (χ0v) is 8.40. The molecule has 1 aromatic heterocycles. The summed E-state index contributed by atoms with van der Waals surface area (Å²) in [5.41, 5.74) is 2.40. The van der Waals surface area contributed by atoms with Crippen molar-refractivity contribution in [3.05, 3.63) is 34.7 Å². The second kappa shape index (κ2) is 3.48. The summed E-state index contributed by atoms with van der Waals surface area (Å²) in [4.78, 5) is 0. The molecular weight excluding hydrogens is 180 g/mol. The van der Waals surface area contributed by atoms with E-state index >= 15 is 0 Å². The predicted octanol–water partition coefficient (Wildman–Crippen LogP) is 2.96. The molecular formula is C11H12OS.